The topological polar surface area (TPSA) is 53.5 Å². The van der Waals surface area contributed by atoms with E-state index >= 15 is 0 Å². The number of rotatable bonds is 4. The van der Waals surface area contributed by atoms with E-state index in [2.05, 4.69) is 20.9 Å². The lowest BCUT2D eigenvalue weighted by Crippen LogP contribution is -2.40. The number of alkyl halides is 3. The third kappa shape index (κ3) is 4.82. The SMILES string of the molecule is CN(CC1CCN(c2ncc(Br)cc2C(F)(F)F)CC1)S(C)(=O)=O. The quantitative estimate of drug-likeness (QED) is 0.737. The van der Waals surface area contributed by atoms with Crippen molar-refractivity contribution in [3.63, 3.8) is 0 Å². The Hall–Kier alpha value is -0.870. The molecule has 10 heteroatoms. The zero-order valence-corrected chi connectivity index (χ0v) is 15.7. The van der Waals surface area contributed by atoms with Crippen LogP contribution in [0.5, 0.6) is 0 Å². The number of aromatic nitrogens is 1. The molecule has 0 spiro atoms. The van der Waals surface area contributed by atoms with Gasteiger partial charge >= 0.3 is 6.18 Å². The predicted molar refractivity (Wildman–Crippen MR) is 89.3 cm³/mol. The maximum atomic E-state index is 13.2. The van der Waals surface area contributed by atoms with Gasteiger partial charge in [-0.1, -0.05) is 0 Å². The van der Waals surface area contributed by atoms with Crippen LogP contribution in [0.1, 0.15) is 18.4 Å². The molecule has 1 aromatic heterocycles. The highest BCUT2D eigenvalue weighted by atomic mass is 79.9. The second kappa shape index (κ2) is 7.17. The molecule has 1 aliphatic heterocycles. The maximum absolute atomic E-state index is 13.2. The molecular weight excluding hydrogens is 411 g/mol. The summed E-state index contributed by atoms with van der Waals surface area (Å²) < 4.78 is 64.1. The molecule has 0 atom stereocenters. The van der Waals surface area contributed by atoms with Gasteiger partial charge in [0.1, 0.15) is 5.82 Å². The van der Waals surface area contributed by atoms with Gasteiger partial charge in [0.15, 0.2) is 0 Å². The molecule has 1 aromatic rings. The van der Waals surface area contributed by atoms with E-state index in [0.717, 1.165) is 12.3 Å². The lowest BCUT2D eigenvalue weighted by Gasteiger charge is -2.35. The summed E-state index contributed by atoms with van der Waals surface area (Å²) in [5.74, 6) is 0.0615. The molecule has 5 nitrogen and oxygen atoms in total. The standard InChI is InChI=1S/C14H19BrF3N3O2S/c1-20(24(2,22)23)9-10-3-5-21(6-4-10)13-12(14(16,17)18)7-11(15)8-19-13/h7-8,10H,3-6,9H2,1-2H3. The minimum atomic E-state index is -4.47. The Balaban J connectivity index is 2.08. The fraction of sp³-hybridized carbons (Fsp3) is 0.643. The number of hydrogen-bond donors (Lipinski definition) is 0. The molecular formula is C14H19BrF3N3O2S. The Kier molecular flexibility index (Phi) is 5.81. The van der Waals surface area contributed by atoms with Crippen LogP contribution < -0.4 is 4.90 Å². The van der Waals surface area contributed by atoms with Crippen LogP contribution in [0.3, 0.4) is 0 Å². The summed E-state index contributed by atoms with van der Waals surface area (Å²) in [4.78, 5) is 5.56. The highest BCUT2D eigenvalue weighted by molar-refractivity contribution is 9.10. The van der Waals surface area contributed by atoms with Crippen LogP contribution in [0, 0.1) is 5.92 Å². The van der Waals surface area contributed by atoms with Crippen LogP contribution in [-0.2, 0) is 16.2 Å². The molecule has 1 fully saturated rings. The third-order valence-electron chi connectivity index (χ3n) is 4.13. The number of pyridine rings is 1. The Morgan fingerprint density at radius 1 is 1.38 bits per heavy atom. The van der Waals surface area contributed by atoms with Gasteiger partial charge in [0.2, 0.25) is 10.0 Å². The summed E-state index contributed by atoms with van der Waals surface area (Å²) in [5.41, 5.74) is -0.761. The number of piperidine rings is 1. The Morgan fingerprint density at radius 2 is 1.96 bits per heavy atom. The molecule has 136 valence electrons. The highest BCUT2D eigenvalue weighted by Gasteiger charge is 2.37. The van der Waals surface area contributed by atoms with Crippen molar-refractivity contribution >= 4 is 31.8 Å². The van der Waals surface area contributed by atoms with E-state index in [-0.39, 0.29) is 16.2 Å². The molecule has 2 rings (SSSR count). The van der Waals surface area contributed by atoms with Gasteiger partial charge in [-0.2, -0.15) is 13.2 Å². The number of sulfonamides is 1. The van der Waals surface area contributed by atoms with Gasteiger partial charge in [-0.25, -0.2) is 17.7 Å². The van der Waals surface area contributed by atoms with Crippen LogP contribution >= 0.6 is 15.9 Å². The summed E-state index contributed by atoms with van der Waals surface area (Å²) in [7, 11) is -1.73. The molecule has 0 radical (unpaired) electrons. The van der Waals surface area contributed by atoms with Crippen molar-refractivity contribution in [1.82, 2.24) is 9.29 Å². The molecule has 0 unspecified atom stereocenters. The lowest BCUT2D eigenvalue weighted by molar-refractivity contribution is -0.137. The molecule has 1 aliphatic rings. The molecule has 0 saturated carbocycles. The summed E-state index contributed by atoms with van der Waals surface area (Å²) in [6.07, 6.45) is -0.735. The van der Waals surface area contributed by atoms with Gasteiger partial charge < -0.3 is 4.90 Å². The monoisotopic (exact) mass is 429 g/mol. The zero-order valence-electron chi connectivity index (χ0n) is 13.3. The van der Waals surface area contributed by atoms with Crippen molar-refractivity contribution in [3.8, 4) is 0 Å². The summed E-state index contributed by atoms with van der Waals surface area (Å²) in [5, 5.41) is 0. The van der Waals surface area contributed by atoms with Crippen LogP contribution in [-0.4, -0.2) is 50.6 Å². The van der Waals surface area contributed by atoms with Crippen molar-refractivity contribution in [2.24, 2.45) is 5.92 Å². The number of anilines is 1. The molecule has 0 bridgehead atoms. The van der Waals surface area contributed by atoms with Gasteiger partial charge in [-0.15, -0.1) is 0 Å². The number of hydrogen-bond acceptors (Lipinski definition) is 4. The normalized spacial score (nSPS) is 17.5. The van der Waals surface area contributed by atoms with E-state index in [9.17, 15) is 21.6 Å². The second-order valence-corrected chi connectivity index (χ2v) is 9.00. The summed E-state index contributed by atoms with van der Waals surface area (Å²) in [6.45, 7) is 1.21. The second-order valence-electron chi connectivity index (χ2n) is 6.00. The predicted octanol–water partition coefficient (Wildman–Crippen LogP) is 2.97. The van der Waals surface area contributed by atoms with Crippen molar-refractivity contribution in [2.45, 2.75) is 19.0 Å². The Labute approximate surface area is 148 Å². The molecule has 0 aliphatic carbocycles. The van der Waals surface area contributed by atoms with E-state index < -0.39 is 21.8 Å². The molecule has 1 saturated heterocycles. The minimum Gasteiger partial charge on any atom is -0.356 e. The van der Waals surface area contributed by atoms with E-state index in [1.54, 1.807) is 4.90 Å². The van der Waals surface area contributed by atoms with Gasteiger partial charge in [0.25, 0.3) is 0 Å². The van der Waals surface area contributed by atoms with E-state index in [1.165, 1.54) is 17.5 Å². The van der Waals surface area contributed by atoms with Gasteiger partial charge in [0.05, 0.1) is 11.8 Å². The van der Waals surface area contributed by atoms with Gasteiger partial charge in [0, 0.05) is 37.4 Å². The van der Waals surface area contributed by atoms with Crippen molar-refractivity contribution in [3.05, 3.63) is 22.3 Å². The van der Waals surface area contributed by atoms with Crippen molar-refractivity contribution < 1.29 is 21.6 Å². The molecule has 0 N–H and O–H groups in total. The smallest absolute Gasteiger partial charge is 0.356 e. The lowest BCUT2D eigenvalue weighted by atomic mass is 9.96. The van der Waals surface area contributed by atoms with E-state index in [1.807, 2.05) is 0 Å². The molecule has 0 amide bonds. The van der Waals surface area contributed by atoms with Crippen LogP contribution in [0.15, 0.2) is 16.7 Å². The van der Waals surface area contributed by atoms with Crippen molar-refractivity contribution in [1.29, 1.82) is 0 Å². The zero-order chi connectivity index (χ0) is 18.1. The first-order chi connectivity index (χ1) is 11.0. The molecule has 0 aromatic carbocycles. The fourth-order valence-electron chi connectivity index (χ4n) is 2.72. The third-order valence-corrected chi connectivity index (χ3v) is 5.85. The summed E-state index contributed by atoms with van der Waals surface area (Å²) in [6, 6.07) is 1.03. The average molecular weight is 430 g/mol. The van der Waals surface area contributed by atoms with Crippen LogP contribution in [0.25, 0.3) is 0 Å². The Bertz CT molecular complexity index is 689. The first-order valence-corrected chi connectivity index (χ1v) is 10.0. The number of nitrogens with zero attached hydrogens (tertiary/aromatic N) is 3. The fourth-order valence-corrected chi connectivity index (χ4v) is 3.53. The maximum Gasteiger partial charge on any atom is 0.419 e. The number of halogens is 4. The summed E-state index contributed by atoms with van der Waals surface area (Å²) >= 11 is 3.02. The average Bonchev–Trinajstić information content (AvgIpc) is 2.46. The first kappa shape index (κ1) is 19.5. The Morgan fingerprint density at radius 3 is 2.46 bits per heavy atom. The minimum absolute atomic E-state index is 0.0689. The van der Waals surface area contributed by atoms with Gasteiger partial charge in [-0.05, 0) is 40.8 Å². The first-order valence-electron chi connectivity index (χ1n) is 7.37. The molecule has 2 heterocycles. The van der Waals surface area contributed by atoms with Crippen LogP contribution in [0.2, 0.25) is 0 Å². The van der Waals surface area contributed by atoms with E-state index in [0.29, 0.717) is 32.5 Å². The van der Waals surface area contributed by atoms with Gasteiger partial charge in [-0.3, -0.25) is 0 Å². The highest BCUT2D eigenvalue weighted by Crippen LogP contribution is 2.38. The van der Waals surface area contributed by atoms with Crippen LogP contribution in [0.4, 0.5) is 19.0 Å². The van der Waals surface area contributed by atoms with Crippen molar-refractivity contribution in [2.75, 3.05) is 37.8 Å². The molecule has 24 heavy (non-hydrogen) atoms. The largest absolute Gasteiger partial charge is 0.419 e. The van der Waals surface area contributed by atoms with E-state index in [4.69, 9.17) is 0 Å².